The number of nitrogens with one attached hydrogen (secondary N) is 1. The molecule has 11 nitrogen and oxygen atoms in total. The van der Waals surface area contributed by atoms with Gasteiger partial charge >= 0.3 is 5.97 Å². The first-order valence-electron chi connectivity index (χ1n) is 17.7. The number of aromatic hydroxyl groups is 1. The zero-order valence-corrected chi connectivity index (χ0v) is 29.1. The first kappa shape index (κ1) is 33.9. The Morgan fingerprint density at radius 3 is 2.36 bits per heavy atom. The van der Waals surface area contributed by atoms with Crippen molar-refractivity contribution in [2.45, 2.75) is 38.0 Å². The fraction of sp³-hybridized carbons (Fsp3) is 0.262. The van der Waals surface area contributed by atoms with Gasteiger partial charge in [-0.1, -0.05) is 71.8 Å². The summed E-state index contributed by atoms with van der Waals surface area (Å²) in [7, 11) is 0. The van der Waals surface area contributed by atoms with Crippen molar-refractivity contribution in [3.63, 3.8) is 0 Å². The number of aryl methyl sites for hydroxylation is 1. The molecule has 2 saturated heterocycles. The van der Waals surface area contributed by atoms with Crippen LogP contribution in [-0.2, 0) is 24.6 Å². The minimum atomic E-state index is -1.48. The van der Waals surface area contributed by atoms with Gasteiger partial charge < -0.3 is 14.9 Å². The van der Waals surface area contributed by atoms with Gasteiger partial charge in [0.25, 0.3) is 11.8 Å². The molecule has 6 atom stereocenters. The summed E-state index contributed by atoms with van der Waals surface area (Å²) in [6, 6.07) is 27.2. The third-order valence-electron chi connectivity index (χ3n) is 11.4. The summed E-state index contributed by atoms with van der Waals surface area (Å²) < 4.78 is 5.81. The second kappa shape index (κ2) is 12.8. The summed E-state index contributed by atoms with van der Waals surface area (Å²) in [6.45, 7) is 4.00. The lowest BCUT2D eigenvalue weighted by molar-refractivity contribution is -0.138. The van der Waals surface area contributed by atoms with Gasteiger partial charge in [0.05, 0.1) is 46.7 Å². The van der Waals surface area contributed by atoms with Crippen LogP contribution in [0.5, 0.6) is 11.5 Å². The van der Waals surface area contributed by atoms with E-state index in [1.54, 1.807) is 31.2 Å². The number of benzene rings is 4. The molecule has 2 aliphatic carbocycles. The van der Waals surface area contributed by atoms with Gasteiger partial charge in [-0.3, -0.25) is 29.5 Å². The van der Waals surface area contributed by atoms with Crippen LogP contribution in [0, 0.1) is 30.6 Å². The van der Waals surface area contributed by atoms with E-state index in [2.05, 4.69) is 5.43 Å². The van der Waals surface area contributed by atoms with Crippen LogP contribution in [0.3, 0.4) is 0 Å². The van der Waals surface area contributed by atoms with Crippen molar-refractivity contribution in [2.75, 3.05) is 16.9 Å². The molecule has 0 radical (unpaired) electrons. The number of phenolic OH excluding ortho intramolecular Hbond substituents is 1. The molecule has 268 valence electrons. The van der Waals surface area contributed by atoms with Crippen LogP contribution in [0.4, 0.5) is 11.4 Å². The second-order valence-electron chi connectivity index (χ2n) is 14.1. The highest BCUT2D eigenvalue weighted by molar-refractivity contribution is 6.23. The molecule has 0 bridgehead atoms. The van der Waals surface area contributed by atoms with Crippen molar-refractivity contribution in [1.29, 1.82) is 0 Å². The number of carboxylic acid groups (broad SMARTS) is 1. The third-order valence-corrected chi connectivity index (χ3v) is 11.4. The van der Waals surface area contributed by atoms with Crippen molar-refractivity contribution in [3.8, 4) is 11.5 Å². The van der Waals surface area contributed by atoms with Crippen LogP contribution in [0.15, 0.2) is 109 Å². The van der Waals surface area contributed by atoms with Crippen LogP contribution < -0.4 is 15.1 Å². The minimum Gasteiger partial charge on any atom is -0.504 e. The van der Waals surface area contributed by atoms with Crippen molar-refractivity contribution in [1.82, 2.24) is 5.01 Å². The summed E-state index contributed by atoms with van der Waals surface area (Å²) in [4.78, 5) is 71.6. The summed E-state index contributed by atoms with van der Waals surface area (Å²) in [6.07, 6.45) is 2.25. The molecule has 4 aromatic rings. The van der Waals surface area contributed by atoms with E-state index in [0.29, 0.717) is 16.8 Å². The number of carbonyl (C=O) groups is 5. The van der Waals surface area contributed by atoms with Crippen LogP contribution in [0.25, 0.3) is 0 Å². The molecule has 53 heavy (non-hydrogen) atoms. The number of fused-ring (bicyclic) bond motifs is 4. The number of carbonyl (C=O) groups excluding carboxylic acids is 4. The van der Waals surface area contributed by atoms with Gasteiger partial charge in [-0.25, -0.2) is 4.79 Å². The number of hydrogen-bond acceptors (Lipinski definition) is 8. The SMILES string of the molecule is CCOc1cc(C2C3=CCC4C(=O)N(c5cccc(C(=O)O)c5)C(=O)C4C3CC3C(=O)N(Nc4ccc(C)cc4)C(=O)C32c2ccccc2)ccc1O. The van der Waals surface area contributed by atoms with Crippen molar-refractivity contribution >= 4 is 41.0 Å². The lowest BCUT2D eigenvalue weighted by Gasteiger charge is -2.50. The van der Waals surface area contributed by atoms with Crippen LogP contribution in [0.2, 0.25) is 0 Å². The van der Waals surface area contributed by atoms with Crippen molar-refractivity contribution < 1.29 is 38.9 Å². The number of anilines is 2. The van der Waals surface area contributed by atoms with Gasteiger partial charge in [0.15, 0.2) is 11.5 Å². The molecule has 4 aromatic carbocycles. The number of rotatable bonds is 8. The molecule has 2 heterocycles. The van der Waals surface area contributed by atoms with E-state index >= 15 is 4.79 Å². The Labute approximate surface area is 305 Å². The minimum absolute atomic E-state index is 0.0594. The van der Waals surface area contributed by atoms with Crippen molar-refractivity contribution in [2.24, 2.45) is 23.7 Å². The fourth-order valence-corrected chi connectivity index (χ4v) is 9.14. The van der Waals surface area contributed by atoms with Gasteiger partial charge in [0, 0.05) is 5.92 Å². The summed E-state index contributed by atoms with van der Waals surface area (Å²) in [5, 5.41) is 21.5. The maximum Gasteiger partial charge on any atom is 0.335 e. The highest BCUT2D eigenvalue weighted by Crippen LogP contribution is 2.64. The number of hydrazine groups is 1. The van der Waals surface area contributed by atoms with Crippen molar-refractivity contribution in [3.05, 3.63) is 131 Å². The third kappa shape index (κ3) is 5.13. The first-order valence-corrected chi connectivity index (χ1v) is 17.7. The maximum absolute atomic E-state index is 15.3. The lowest BCUT2D eigenvalue weighted by atomic mass is 9.49. The van der Waals surface area contributed by atoms with E-state index in [-0.39, 0.29) is 42.2 Å². The molecule has 1 saturated carbocycles. The average Bonchev–Trinajstić information content (AvgIpc) is 3.54. The Morgan fingerprint density at radius 2 is 1.64 bits per heavy atom. The number of hydrogen-bond donors (Lipinski definition) is 3. The predicted octanol–water partition coefficient (Wildman–Crippen LogP) is 5.99. The van der Waals surface area contributed by atoms with Crippen LogP contribution in [0.1, 0.15) is 52.7 Å². The van der Waals surface area contributed by atoms with E-state index in [4.69, 9.17) is 4.74 Å². The van der Waals surface area contributed by atoms with E-state index in [1.807, 2.05) is 55.5 Å². The topological polar surface area (TPSA) is 154 Å². The number of aromatic carboxylic acids is 1. The van der Waals surface area contributed by atoms with Gasteiger partial charge in [0.1, 0.15) is 0 Å². The Kier molecular flexibility index (Phi) is 8.16. The quantitative estimate of drug-likeness (QED) is 0.148. The molecule has 4 aliphatic rings. The normalized spacial score (nSPS) is 26.2. The van der Waals surface area contributed by atoms with Gasteiger partial charge in [-0.2, -0.15) is 5.01 Å². The molecule has 4 amide bonds. The molecule has 0 aromatic heterocycles. The molecule has 11 heteroatoms. The summed E-state index contributed by atoms with van der Waals surface area (Å²) in [5.74, 6) is -6.89. The maximum atomic E-state index is 15.3. The zero-order valence-electron chi connectivity index (χ0n) is 29.1. The Morgan fingerprint density at radius 1 is 0.887 bits per heavy atom. The van der Waals surface area contributed by atoms with E-state index < -0.39 is 64.6 Å². The number of amides is 4. The Hall–Kier alpha value is -6.23. The van der Waals surface area contributed by atoms with Gasteiger partial charge in [-0.15, -0.1) is 0 Å². The molecular weight excluding hydrogens is 674 g/mol. The molecular formula is C42H37N3O8. The zero-order chi connectivity index (χ0) is 37.2. The molecule has 6 unspecified atom stereocenters. The first-order chi connectivity index (χ1) is 25.6. The largest absolute Gasteiger partial charge is 0.504 e. The van der Waals surface area contributed by atoms with E-state index in [1.165, 1.54) is 30.3 Å². The predicted molar refractivity (Wildman–Crippen MR) is 194 cm³/mol. The molecule has 3 N–H and O–H groups in total. The Bertz CT molecular complexity index is 2220. The molecule has 8 rings (SSSR count). The van der Waals surface area contributed by atoms with Gasteiger partial charge in [-0.05, 0) is 86.2 Å². The number of carboxylic acids is 1. The smallest absolute Gasteiger partial charge is 0.335 e. The van der Waals surface area contributed by atoms with Crippen LogP contribution in [-0.4, -0.2) is 51.4 Å². The monoisotopic (exact) mass is 711 g/mol. The number of ether oxygens (including phenoxy) is 1. The number of nitrogens with zero attached hydrogens (tertiary/aromatic N) is 2. The van der Waals surface area contributed by atoms with E-state index in [9.17, 15) is 29.4 Å². The number of imide groups is 2. The molecule has 0 spiro atoms. The standard InChI is InChI=1S/C42H37N3O8/c1-3-53-34-21-24(14-19-33(34)46)36-29-17-18-30-35(39(49)44(37(30)47)28-11-7-8-25(20-28)40(50)51)31(29)22-32-38(48)45(43-27-15-12-23(2)13-16-27)41(52)42(32,36)26-9-5-4-6-10-26/h4-17,19-21,30-32,35-36,43,46H,3,18,22H2,1-2H3,(H,50,51). The Balaban J connectivity index is 1.31. The van der Waals surface area contributed by atoms with Gasteiger partial charge in [0.2, 0.25) is 11.8 Å². The molecule has 2 aliphatic heterocycles. The summed E-state index contributed by atoms with van der Waals surface area (Å²) in [5.41, 5.74) is 5.25. The highest BCUT2D eigenvalue weighted by atomic mass is 16.5. The van der Waals surface area contributed by atoms with E-state index in [0.717, 1.165) is 21.0 Å². The lowest BCUT2D eigenvalue weighted by Crippen LogP contribution is -2.53. The number of allylic oxidation sites excluding steroid dienone is 2. The molecule has 3 fully saturated rings. The summed E-state index contributed by atoms with van der Waals surface area (Å²) >= 11 is 0. The highest BCUT2D eigenvalue weighted by Gasteiger charge is 2.70. The van der Waals surface area contributed by atoms with Crippen LogP contribution >= 0.6 is 0 Å². The average molecular weight is 712 g/mol. The fourth-order valence-electron chi connectivity index (χ4n) is 9.14. The number of phenols is 1. The second-order valence-corrected chi connectivity index (χ2v) is 14.1.